The Morgan fingerprint density at radius 3 is 2.80 bits per heavy atom. The van der Waals surface area contributed by atoms with Gasteiger partial charge < -0.3 is 11.1 Å². The van der Waals surface area contributed by atoms with Crippen molar-refractivity contribution >= 4 is 17.7 Å². The molecule has 0 radical (unpaired) electrons. The number of nitrogens with two attached hydrogens (primary N) is 1. The topological polar surface area (TPSA) is 80.9 Å². The number of nitrogens with one attached hydrogen (secondary N) is 1. The number of hydrogen-bond donors (Lipinski definition) is 2. The summed E-state index contributed by atoms with van der Waals surface area (Å²) in [6.07, 6.45) is 4.29. The monoisotopic (exact) mass is 224 g/mol. The lowest BCUT2D eigenvalue weighted by atomic mass is 9.98. The van der Waals surface area contributed by atoms with Crippen LogP contribution < -0.4 is 11.1 Å². The summed E-state index contributed by atoms with van der Waals surface area (Å²) in [5.74, 6) is 0.809. The number of aromatic nitrogens is 2. The predicted octanol–water partition coefficient (Wildman–Crippen LogP) is -0.216. The third kappa shape index (κ3) is 2.45. The van der Waals surface area contributed by atoms with E-state index in [-0.39, 0.29) is 18.0 Å². The van der Waals surface area contributed by atoms with Crippen LogP contribution in [0.1, 0.15) is 6.42 Å². The third-order valence-corrected chi connectivity index (χ3v) is 3.17. The SMILES string of the molecule is N[C@@H]1C(=O)N[C@@H]1CCSc1ncccn1. The number of hydrogen-bond acceptors (Lipinski definition) is 5. The van der Waals surface area contributed by atoms with Crippen LogP contribution in [-0.2, 0) is 4.79 Å². The van der Waals surface area contributed by atoms with Crippen molar-refractivity contribution in [1.82, 2.24) is 15.3 Å². The maximum atomic E-state index is 10.8. The minimum absolute atomic E-state index is 0.0547. The number of carbonyl (C=O) groups excluding carboxylic acids is 1. The fraction of sp³-hybridized carbons (Fsp3) is 0.444. The molecule has 3 N–H and O–H groups in total. The molecule has 6 heteroatoms. The highest BCUT2D eigenvalue weighted by Gasteiger charge is 2.35. The van der Waals surface area contributed by atoms with Gasteiger partial charge in [0.25, 0.3) is 0 Å². The standard InChI is InChI=1S/C9H12N4OS/c10-7-6(13-8(7)14)2-5-15-9-11-3-1-4-12-9/h1,3-4,6-7H,2,5,10H2,(H,13,14)/t6-,7+/m1/s1. The molecule has 0 bridgehead atoms. The number of nitrogens with zero attached hydrogens (tertiary/aromatic N) is 2. The van der Waals surface area contributed by atoms with Gasteiger partial charge in [0.05, 0.1) is 6.04 Å². The second-order valence-corrected chi connectivity index (χ2v) is 4.37. The van der Waals surface area contributed by atoms with E-state index in [4.69, 9.17) is 5.73 Å². The predicted molar refractivity (Wildman–Crippen MR) is 57.3 cm³/mol. The number of amides is 1. The van der Waals surface area contributed by atoms with Crippen LogP contribution in [0, 0.1) is 0 Å². The second-order valence-electron chi connectivity index (χ2n) is 3.31. The third-order valence-electron chi connectivity index (χ3n) is 2.27. The molecule has 2 rings (SSSR count). The zero-order chi connectivity index (χ0) is 10.7. The Morgan fingerprint density at radius 1 is 1.47 bits per heavy atom. The van der Waals surface area contributed by atoms with Crippen molar-refractivity contribution < 1.29 is 4.79 Å². The van der Waals surface area contributed by atoms with E-state index in [9.17, 15) is 4.79 Å². The molecular weight excluding hydrogens is 212 g/mol. The van der Waals surface area contributed by atoms with E-state index in [0.29, 0.717) is 0 Å². The molecule has 0 unspecified atom stereocenters. The van der Waals surface area contributed by atoms with Gasteiger partial charge in [0.1, 0.15) is 6.04 Å². The molecule has 0 spiro atoms. The fourth-order valence-corrected chi connectivity index (χ4v) is 2.17. The largest absolute Gasteiger partial charge is 0.350 e. The van der Waals surface area contributed by atoms with E-state index in [1.54, 1.807) is 30.2 Å². The minimum Gasteiger partial charge on any atom is -0.350 e. The smallest absolute Gasteiger partial charge is 0.239 e. The first-order chi connectivity index (χ1) is 7.27. The van der Waals surface area contributed by atoms with Crippen molar-refractivity contribution in [3.05, 3.63) is 18.5 Å². The molecule has 0 aromatic carbocycles. The van der Waals surface area contributed by atoms with Crippen molar-refractivity contribution in [3.8, 4) is 0 Å². The van der Waals surface area contributed by atoms with Gasteiger partial charge in [-0.15, -0.1) is 0 Å². The molecule has 5 nitrogen and oxygen atoms in total. The first-order valence-electron chi connectivity index (χ1n) is 4.73. The summed E-state index contributed by atoms with van der Waals surface area (Å²) >= 11 is 1.57. The maximum Gasteiger partial charge on any atom is 0.239 e. The average Bonchev–Trinajstić information content (AvgIpc) is 2.29. The summed E-state index contributed by atoms with van der Waals surface area (Å²) < 4.78 is 0. The molecule has 80 valence electrons. The molecule has 1 amide bonds. The molecule has 1 aliphatic heterocycles. The Balaban J connectivity index is 1.70. The van der Waals surface area contributed by atoms with Gasteiger partial charge >= 0.3 is 0 Å². The van der Waals surface area contributed by atoms with Gasteiger partial charge in [-0.25, -0.2) is 9.97 Å². The lowest BCUT2D eigenvalue weighted by Crippen LogP contribution is -2.66. The van der Waals surface area contributed by atoms with Crippen molar-refractivity contribution in [1.29, 1.82) is 0 Å². The van der Waals surface area contributed by atoms with E-state index < -0.39 is 0 Å². The van der Waals surface area contributed by atoms with E-state index in [2.05, 4.69) is 15.3 Å². The number of rotatable bonds is 4. The first kappa shape index (κ1) is 10.4. The van der Waals surface area contributed by atoms with Gasteiger partial charge in [0.15, 0.2) is 5.16 Å². The zero-order valence-corrected chi connectivity index (χ0v) is 8.91. The molecule has 1 aliphatic rings. The van der Waals surface area contributed by atoms with Crippen molar-refractivity contribution in [3.63, 3.8) is 0 Å². The number of β-lactam (4-membered cyclic amide) rings is 1. The van der Waals surface area contributed by atoms with Crippen LogP contribution in [0.5, 0.6) is 0 Å². The Bertz CT molecular complexity index is 345. The average molecular weight is 224 g/mol. The molecule has 2 heterocycles. The lowest BCUT2D eigenvalue weighted by molar-refractivity contribution is -0.130. The molecule has 1 saturated heterocycles. The maximum absolute atomic E-state index is 10.8. The van der Waals surface area contributed by atoms with Gasteiger partial charge in [-0.1, -0.05) is 11.8 Å². The number of thioether (sulfide) groups is 1. The summed E-state index contributed by atoms with van der Waals surface area (Å²) in [5.41, 5.74) is 5.59. The number of carbonyl (C=O) groups is 1. The van der Waals surface area contributed by atoms with Gasteiger partial charge in [-0.2, -0.15) is 0 Å². The molecule has 0 aliphatic carbocycles. The van der Waals surface area contributed by atoms with E-state index in [0.717, 1.165) is 17.3 Å². The highest BCUT2D eigenvalue weighted by Crippen LogP contribution is 2.16. The Labute approximate surface area is 91.9 Å². The van der Waals surface area contributed by atoms with Crippen LogP contribution in [0.25, 0.3) is 0 Å². The van der Waals surface area contributed by atoms with E-state index in [1.165, 1.54) is 0 Å². The van der Waals surface area contributed by atoms with Gasteiger partial charge in [-0.05, 0) is 12.5 Å². The van der Waals surface area contributed by atoms with Crippen molar-refractivity contribution in [2.45, 2.75) is 23.7 Å². The molecule has 2 atom stereocenters. The summed E-state index contributed by atoms with van der Waals surface area (Å²) in [4.78, 5) is 19.0. The molecule has 1 aromatic rings. The molecule has 1 aromatic heterocycles. The summed E-state index contributed by atoms with van der Waals surface area (Å²) in [6.45, 7) is 0. The normalized spacial score (nSPS) is 24.5. The molecule has 15 heavy (non-hydrogen) atoms. The Morgan fingerprint density at radius 2 is 2.20 bits per heavy atom. The fourth-order valence-electron chi connectivity index (χ4n) is 1.34. The highest BCUT2D eigenvalue weighted by molar-refractivity contribution is 7.99. The van der Waals surface area contributed by atoms with E-state index in [1.807, 2.05) is 0 Å². The Kier molecular flexibility index (Phi) is 3.17. The zero-order valence-electron chi connectivity index (χ0n) is 8.09. The second kappa shape index (κ2) is 4.59. The van der Waals surface area contributed by atoms with Crippen LogP contribution in [0.2, 0.25) is 0 Å². The summed E-state index contributed by atoms with van der Waals surface area (Å²) in [7, 11) is 0. The van der Waals surface area contributed by atoms with Crippen LogP contribution >= 0.6 is 11.8 Å². The van der Waals surface area contributed by atoms with Gasteiger partial charge in [0.2, 0.25) is 5.91 Å². The van der Waals surface area contributed by atoms with Gasteiger partial charge in [-0.3, -0.25) is 4.79 Å². The highest BCUT2D eigenvalue weighted by atomic mass is 32.2. The summed E-state index contributed by atoms with van der Waals surface area (Å²) in [6, 6.07) is 1.57. The van der Waals surface area contributed by atoms with Crippen LogP contribution in [0.15, 0.2) is 23.6 Å². The van der Waals surface area contributed by atoms with Crippen LogP contribution in [-0.4, -0.2) is 33.7 Å². The van der Waals surface area contributed by atoms with Crippen LogP contribution in [0.3, 0.4) is 0 Å². The van der Waals surface area contributed by atoms with Crippen LogP contribution in [0.4, 0.5) is 0 Å². The Hall–Kier alpha value is -1.14. The lowest BCUT2D eigenvalue weighted by Gasteiger charge is -2.33. The summed E-state index contributed by atoms with van der Waals surface area (Å²) in [5, 5.41) is 3.52. The van der Waals surface area contributed by atoms with E-state index >= 15 is 0 Å². The minimum atomic E-state index is -0.331. The molecule has 0 saturated carbocycles. The molecular formula is C9H12N4OS. The van der Waals surface area contributed by atoms with Crippen molar-refractivity contribution in [2.75, 3.05) is 5.75 Å². The quantitative estimate of drug-likeness (QED) is 0.420. The van der Waals surface area contributed by atoms with Gasteiger partial charge in [0, 0.05) is 18.1 Å². The molecule has 1 fully saturated rings. The van der Waals surface area contributed by atoms with Crippen molar-refractivity contribution in [2.24, 2.45) is 5.73 Å². The first-order valence-corrected chi connectivity index (χ1v) is 5.72.